The van der Waals surface area contributed by atoms with Gasteiger partial charge < -0.3 is 9.84 Å². The molecule has 4 nitrogen and oxygen atoms in total. The van der Waals surface area contributed by atoms with E-state index in [9.17, 15) is 4.79 Å². The Morgan fingerprint density at radius 2 is 1.30 bits per heavy atom. The molecule has 0 atom stereocenters. The minimum atomic E-state index is -0.675. The van der Waals surface area contributed by atoms with Crippen molar-refractivity contribution in [2.45, 2.75) is 124 Å². The molecular weight excluding hydrogens is 374 g/mol. The number of rotatable bonds is 16. The summed E-state index contributed by atoms with van der Waals surface area (Å²) >= 11 is 0. The standard InChI is InChI=1S/C16H33NO.C10H20O2/c1-2-3-4-5-6-7-8-9-10-11-12-17-13-15-18-16-14-17;1-10(2,3)8-6-4-5-7-9(11)12/h2-16H2,1H3;4-8H2,1-3H3,(H,11,12). The molecule has 1 aliphatic heterocycles. The molecule has 1 saturated heterocycles. The van der Waals surface area contributed by atoms with E-state index < -0.39 is 5.97 Å². The fourth-order valence-electron chi connectivity index (χ4n) is 3.76. The molecule has 0 amide bonds. The van der Waals surface area contributed by atoms with Crippen molar-refractivity contribution in [3.8, 4) is 0 Å². The Morgan fingerprint density at radius 3 is 1.80 bits per heavy atom. The van der Waals surface area contributed by atoms with E-state index in [1.165, 1.54) is 77.2 Å². The molecule has 1 fully saturated rings. The van der Waals surface area contributed by atoms with Gasteiger partial charge in [0.15, 0.2) is 0 Å². The molecule has 0 saturated carbocycles. The van der Waals surface area contributed by atoms with Gasteiger partial charge in [-0.3, -0.25) is 9.69 Å². The molecule has 0 aliphatic carbocycles. The maximum absolute atomic E-state index is 10.2. The highest BCUT2D eigenvalue weighted by molar-refractivity contribution is 5.66. The molecule has 0 aromatic carbocycles. The van der Waals surface area contributed by atoms with Crippen LogP contribution in [0, 0.1) is 5.41 Å². The largest absolute Gasteiger partial charge is 0.481 e. The van der Waals surface area contributed by atoms with Gasteiger partial charge in [-0.1, -0.05) is 98.3 Å². The first-order chi connectivity index (χ1) is 14.3. The van der Waals surface area contributed by atoms with E-state index in [-0.39, 0.29) is 0 Å². The van der Waals surface area contributed by atoms with Crippen LogP contribution in [0.3, 0.4) is 0 Å². The minimum Gasteiger partial charge on any atom is -0.481 e. The zero-order valence-corrected chi connectivity index (χ0v) is 20.9. The highest BCUT2D eigenvalue weighted by atomic mass is 16.5. The number of ether oxygens (including phenoxy) is 1. The first kappa shape index (κ1) is 29.4. The number of morpholine rings is 1. The number of carbonyl (C=O) groups is 1. The van der Waals surface area contributed by atoms with Gasteiger partial charge in [-0.15, -0.1) is 0 Å². The molecule has 1 aliphatic rings. The fourth-order valence-corrected chi connectivity index (χ4v) is 3.76. The van der Waals surface area contributed by atoms with Crippen LogP contribution in [0.2, 0.25) is 0 Å². The third-order valence-electron chi connectivity index (χ3n) is 5.75. The summed E-state index contributed by atoms with van der Waals surface area (Å²) in [5, 5.41) is 8.37. The van der Waals surface area contributed by atoms with Crippen LogP contribution in [0.1, 0.15) is 124 Å². The summed E-state index contributed by atoms with van der Waals surface area (Å²) in [5.41, 5.74) is 0.392. The van der Waals surface area contributed by atoms with Crippen LogP contribution in [-0.4, -0.2) is 48.8 Å². The lowest BCUT2D eigenvalue weighted by atomic mass is 9.89. The van der Waals surface area contributed by atoms with E-state index in [0.717, 1.165) is 45.6 Å². The first-order valence-electron chi connectivity index (χ1n) is 12.9. The van der Waals surface area contributed by atoms with E-state index in [2.05, 4.69) is 32.6 Å². The predicted molar refractivity (Wildman–Crippen MR) is 129 cm³/mol. The quantitative estimate of drug-likeness (QED) is 0.262. The molecule has 0 radical (unpaired) electrons. The zero-order chi connectivity index (χ0) is 22.5. The van der Waals surface area contributed by atoms with Gasteiger partial charge in [0.05, 0.1) is 13.2 Å². The van der Waals surface area contributed by atoms with E-state index >= 15 is 0 Å². The Kier molecular flexibility index (Phi) is 19.9. The summed E-state index contributed by atoms with van der Waals surface area (Å²) in [6.07, 6.45) is 18.9. The van der Waals surface area contributed by atoms with Crippen molar-refractivity contribution in [1.29, 1.82) is 0 Å². The highest BCUT2D eigenvalue weighted by Crippen LogP contribution is 2.22. The van der Waals surface area contributed by atoms with Crippen LogP contribution in [-0.2, 0) is 9.53 Å². The Morgan fingerprint density at radius 1 is 0.800 bits per heavy atom. The summed E-state index contributed by atoms with van der Waals surface area (Å²) in [4.78, 5) is 12.7. The van der Waals surface area contributed by atoms with Gasteiger partial charge in [0, 0.05) is 19.5 Å². The summed E-state index contributed by atoms with van der Waals surface area (Å²) in [5.74, 6) is -0.675. The molecular formula is C26H53NO3. The van der Waals surface area contributed by atoms with Crippen molar-refractivity contribution in [3.05, 3.63) is 0 Å². The second kappa shape index (κ2) is 20.3. The van der Waals surface area contributed by atoms with Gasteiger partial charge in [0.25, 0.3) is 0 Å². The third kappa shape index (κ3) is 23.7. The van der Waals surface area contributed by atoms with Gasteiger partial charge >= 0.3 is 5.97 Å². The first-order valence-corrected chi connectivity index (χ1v) is 12.9. The number of aliphatic carboxylic acids is 1. The van der Waals surface area contributed by atoms with Crippen LogP contribution in [0.4, 0.5) is 0 Å². The van der Waals surface area contributed by atoms with Crippen LogP contribution in [0.25, 0.3) is 0 Å². The topological polar surface area (TPSA) is 49.8 Å². The van der Waals surface area contributed by atoms with Crippen molar-refractivity contribution in [2.75, 3.05) is 32.8 Å². The average molecular weight is 428 g/mol. The Hall–Kier alpha value is -0.610. The SMILES string of the molecule is CC(C)(C)CCCCCC(=O)O.CCCCCCCCCCCCN1CCOCC1. The van der Waals surface area contributed by atoms with Gasteiger partial charge in [0.1, 0.15) is 0 Å². The van der Waals surface area contributed by atoms with Crippen LogP contribution in [0.15, 0.2) is 0 Å². The fraction of sp³-hybridized carbons (Fsp3) is 0.962. The Bertz CT molecular complexity index is 373. The molecule has 1 N–H and O–H groups in total. The van der Waals surface area contributed by atoms with Crippen LogP contribution >= 0.6 is 0 Å². The molecule has 30 heavy (non-hydrogen) atoms. The monoisotopic (exact) mass is 427 g/mol. The van der Waals surface area contributed by atoms with E-state index in [1.54, 1.807) is 0 Å². The summed E-state index contributed by atoms with van der Waals surface area (Å²) in [6, 6.07) is 0. The Labute approximate surface area is 188 Å². The number of hydrogen-bond donors (Lipinski definition) is 1. The highest BCUT2D eigenvalue weighted by Gasteiger charge is 2.09. The predicted octanol–water partition coefficient (Wildman–Crippen LogP) is 7.31. The number of carboxylic acids is 1. The number of unbranched alkanes of at least 4 members (excludes halogenated alkanes) is 11. The number of hydrogen-bond acceptors (Lipinski definition) is 3. The molecule has 180 valence electrons. The molecule has 0 spiro atoms. The number of carboxylic acid groups (broad SMARTS) is 1. The lowest BCUT2D eigenvalue weighted by molar-refractivity contribution is -0.137. The molecule has 0 bridgehead atoms. The lowest BCUT2D eigenvalue weighted by Crippen LogP contribution is -2.36. The van der Waals surface area contributed by atoms with Gasteiger partial charge in [-0.25, -0.2) is 0 Å². The zero-order valence-electron chi connectivity index (χ0n) is 20.9. The summed E-state index contributed by atoms with van der Waals surface area (Å²) < 4.78 is 5.36. The maximum atomic E-state index is 10.2. The molecule has 0 aromatic rings. The van der Waals surface area contributed by atoms with E-state index in [4.69, 9.17) is 9.84 Å². The third-order valence-corrected chi connectivity index (χ3v) is 5.75. The van der Waals surface area contributed by atoms with Crippen molar-refractivity contribution in [3.63, 3.8) is 0 Å². The second-order valence-corrected chi connectivity index (χ2v) is 10.2. The van der Waals surface area contributed by atoms with Crippen LogP contribution in [0.5, 0.6) is 0 Å². The Balaban J connectivity index is 0.000000612. The van der Waals surface area contributed by atoms with Gasteiger partial charge in [0.2, 0.25) is 0 Å². The van der Waals surface area contributed by atoms with Crippen molar-refractivity contribution >= 4 is 5.97 Å². The van der Waals surface area contributed by atoms with Gasteiger partial charge in [-0.05, 0) is 31.2 Å². The minimum absolute atomic E-state index is 0.324. The summed E-state index contributed by atoms with van der Waals surface area (Å²) in [7, 11) is 0. The van der Waals surface area contributed by atoms with E-state index in [1.807, 2.05) is 0 Å². The average Bonchev–Trinajstić information content (AvgIpc) is 2.69. The second-order valence-electron chi connectivity index (χ2n) is 10.2. The normalized spacial score (nSPS) is 14.9. The summed E-state index contributed by atoms with van der Waals surface area (Å²) in [6.45, 7) is 14.4. The lowest BCUT2D eigenvalue weighted by Gasteiger charge is -2.26. The molecule has 1 heterocycles. The smallest absolute Gasteiger partial charge is 0.303 e. The molecule has 0 unspecified atom stereocenters. The number of nitrogens with zero attached hydrogens (tertiary/aromatic N) is 1. The van der Waals surface area contributed by atoms with Crippen molar-refractivity contribution in [1.82, 2.24) is 4.90 Å². The maximum Gasteiger partial charge on any atom is 0.303 e. The molecule has 4 heteroatoms. The molecule has 1 rings (SSSR count). The van der Waals surface area contributed by atoms with Gasteiger partial charge in [-0.2, -0.15) is 0 Å². The molecule has 0 aromatic heterocycles. The van der Waals surface area contributed by atoms with E-state index in [0.29, 0.717) is 11.8 Å². The van der Waals surface area contributed by atoms with Crippen molar-refractivity contribution in [2.24, 2.45) is 5.41 Å². The van der Waals surface area contributed by atoms with Crippen LogP contribution < -0.4 is 0 Å². The van der Waals surface area contributed by atoms with Crippen molar-refractivity contribution < 1.29 is 14.6 Å².